The number of nitrogens with zero attached hydrogens (tertiary/aromatic N) is 4. The molecule has 0 saturated carbocycles. The smallest absolute Gasteiger partial charge is 0.543 e. The third-order valence-corrected chi connectivity index (χ3v) is 6.96. The monoisotopic (exact) mass is 528 g/mol. The van der Waals surface area contributed by atoms with E-state index in [0.29, 0.717) is 4.90 Å². The van der Waals surface area contributed by atoms with Gasteiger partial charge < -0.3 is 24.6 Å². The van der Waals surface area contributed by atoms with E-state index in [0.717, 1.165) is 4.90 Å². The van der Waals surface area contributed by atoms with Crippen LogP contribution in [0.1, 0.15) is 12.8 Å². The molecule has 0 radical (unpaired) electrons. The van der Waals surface area contributed by atoms with Crippen molar-refractivity contribution < 1.29 is 71.9 Å². The summed E-state index contributed by atoms with van der Waals surface area (Å²) in [6, 6.07) is 2.97. The third kappa shape index (κ3) is 4.12. The summed E-state index contributed by atoms with van der Waals surface area (Å²) in [4.78, 5) is 62.5. The van der Waals surface area contributed by atoms with E-state index in [4.69, 9.17) is 0 Å². The fourth-order valence-corrected chi connectivity index (χ4v) is 5.45. The molecule has 4 aliphatic heterocycles. The molecule has 37 heavy (non-hydrogen) atoms. The molecular formula is C22H16F3N4NaO7. The summed E-state index contributed by atoms with van der Waals surface area (Å²) in [5.41, 5.74) is -0.211. The Morgan fingerprint density at radius 3 is 2.49 bits per heavy atom. The zero-order valence-corrected chi connectivity index (χ0v) is 21.2. The SMILES string of the molecule is O=C([O-])C1=C(/C=C2\CCN(c3cccc([N+](=O)[O-])c3)C2=O)C2CCN(C(=O)C(F)(F)F)[C@@H]3C(=O)N1[C@H]23.[Na+]. The Labute approximate surface area is 228 Å². The van der Waals surface area contributed by atoms with Crippen LogP contribution in [0.5, 0.6) is 0 Å². The van der Waals surface area contributed by atoms with Crippen molar-refractivity contribution in [2.75, 3.05) is 18.0 Å². The quantitative estimate of drug-likeness (QED) is 0.136. The van der Waals surface area contributed by atoms with Gasteiger partial charge in [-0.15, -0.1) is 0 Å². The van der Waals surface area contributed by atoms with Gasteiger partial charge in [-0.05, 0) is 30.6 Å². The van der Waals surface area contributed by atoms with Crippen LogP contribution < -0.4 is 39.6 Å². The maximum absolute atomic E-state index is 13.1. The van der Waals surface area contributed by atoms with Gasteiger partial charge in [-0.1, -0.05) is 6.07 Å². The number of carboxylic acids is 1. The second-order valence-electron chi connectivity index (χ2n) is 8.78. The fraction of sp³-hybridized carbons (Fsp3) is 0.364. The summed E-state index contributed by atoms with van der Waals surface area (Å²) in [5.74, 6) is -6.07. The maximum atomic E-state index is 13.1. The van der Waals surface area contributed by atoms with Crippen LogP contribution in [0, 0.1) is 16.0 Å². The van der Waals surface area contributed by atoms with Gasteiger partial charge in [0.15, 0.2) is 0 Å². The van der Waals surface area contributed by atoms with Crippen molar-refractivity contribution in [3.63, 3.8) is 0 Å². The summed E-state index contributed by atoms with van der Waals surface area (Å²) >= 11 is 0. The van der Waals surface area contributed by atoms with Crippen molar-refractivity contribution in [1.82, 2.24) is 9.80 Å². The molecule has 3 atom stereocenters. The Bertz CT molecular complexity index is 1310. The van der Waals surface area contributed by atoms with Crippen LogP contribution in [0.15, 0.2) is 47.2 Å². The number of alkyl halides is 3. The number of amides is 3. The number of carbonyl (C=O) groups is 4. The van der Waals surface area contributed by atoms with E-state index >= 15 is 0 Å². The number of anilines is 1. The minimum absolute atomic E-state index is 0. The number of non-ortho nitro benzene ring substituents is 1. The Kier molecular flexibility index (Phi) is 6.71. The molecule has 11 nitrogen and oxygen atoms in total. The van der Waals surface area contributed by atoms with Gasteiger partial charge in [-0.25, -0.2) is 0 Å². The van der Waals surface area contributed by atoms with Crippen molar-refractivity contribution in [2.45, 2.75) is 31.1 Å². The van der Waals surface area contributed by atoms with Gasteiger partial charge in [0.25, 0.3) is 17.5 Å². The first kappa shape index (κ1) is 26.8. The van der Waals surface area contributed by atoms with Crippen molar-refractivity contribution in [1.29, 1.82) is 0 Å². The average Bonchev–Trinajstić information content (AvgIpc) is 3.34. The zero-order chi connectivity index (χ0) is 26.1. The number of carboxylic acid groups (broad SMARTS) is 1. The van der Waals surface area contributed by atoms with Gasteiger partial charge in [-0.2, -0.15) is 13.2 Å². The summed E-state index contributed by atoms with van der Waals surface area (Å²) in [6.07, 6.45) is -3.75. The minimum atomic E-state index is -5.19. The molecule has 3 fully saturated rings. The summed E-state index contributed by atoms with van der Waals surface area (Å²) in [5, 5.41) is 23.0. The maximum Gasteiger partial charge on any atom is 1.00 e. The average molecular weight is 528 g/mol. The van der Waals surface area contributed by atoms with Gasteiger partial charge in [0.2, 0.25) is 0 Å². The number of rotatable bonds is 4. The number of aliphatic carboxylic acids is 1. The standard InChI is InChI=1S/C22H17F3N4O7.Na/c23-22(24,25)21(34)27-7-5-13-14(16(20(32)33)28-15(13)17(27)19(28)31)8-10-4-6-26(18(10)30)11-2-1-3-12(9-11)29(35)36;/h1-3,8-9,13,15,17H,4-7H2,(H,32,33);/q;+1/p-1/b10-8+;/t13?,15-,17+;/m1./s1. The molecule has 4 heterocycles. The van der Waals surface area contributed by atoms with E-state index < -0.39 is 65.0 Å². The van der Waals surface area contributed by atoms with E-state index in [1.54, 1.807) is 0 Å². The molecular weight excluding hydrogens is 512 g/mol. The largest absolute Gasteiger partial charge is 1.00 e. The number of nitro benzene ring substituents is 1. The van der Waals surface area contributed by atoms with E-state index in [9.17, 15) is 47.6 Å². The van der Waals surface area contributed by atoms with Gasteiger partial charge in [-0.3, -0.25) is 24.5 Å². The number of nitro groups is 1. The molecule has 3 amide bonds. The molecule has 0 bridgehead atoms. The first-order chi connectivity index (χ1) is 16.9. The number of benzene rings is 1. The number of hydrogen-bond donors (Lipinski definition) is 0. The molecule has 1 aromatic carbocycles. The summed E-state index contributed by atoms with van der Waals surface area (Å²) < 4.78 is 39.0. The van der Waals surface area contributed by atoms with E-state index in [1.165, 1.54) is 35.2 Å². The van der Waals surface area contributed by atoms with Gasteiger partial charge in [0.1, 0.15) is 6.04 Å². The molecule has 0 aliphatic carbocycles. The van der Waals surface area contributed by atoms with Gasteiger partial charge in [0.05, 0.1) is 28.3 Å². The number of hydrogen-bond acceptors (Lipinski definition) is 7. The predicted octanol–water partition coefficient (Wildman–Crippen LogP) is -2.73. The number of likely N-dealkylation sites (tertiary alicyclic amines) is 1. The van der Waals surface area contributed by atoms with Crippen molar-refractivity contribution in [2.24, 2.45) is 5.92 Å². The molecule has 188 valence electrons. The van der Waals surface area contributed by atoms with Crippen LogP contribution in [0.3, 0.4) is 0 Å². The molecule has 15 heteroatoms. The van der Waals surface area contributed by atoms with E-state index in [-0.39, 0.29) is 71.5 Å². The summed E-state index contributed by atoms with van der Waals surface area (Å²) in [7, 11) is 0. The Hall–Kier alpha value is -3.23. The molecule has 4 aliphatic rings. The van der Waals surface area contributed by atoms with Gasteiger partial charge in [0, 0.05) is 36.7 Å². The molecule has 3 saturated heterocycles. The molecule has 0 spiro atoms. The Morgan fingerprint density at radius 2 is 1.86 bits per heavy atom. The van der Waals surface area contributed by atoms with Crippen LogP contribution >= 0.6 is 0 Å². The molecule has 0 N–H and O–H groups in total. The molecule has 1 aromatic rings. The number of carbonyl (C=O) groups excluding carboxylic acids is 4. The normalized spacial score (nSPS) is 25.8. The van der Waals surface area contributed by atoms with Crippen LogP contribution in [0.4, 0.5) is 24.5 Å². The number of β-lactam (4-membered cyclic amide) rings is 1. The van der Waals surface area contributed by atoms with Crippen LogP contribution in [-0.2, 0) is 19.2 Å². The Balaban J connectivity index is 0.00000320. The second-order valence-corrected chi connectivity index (χ2v) is 8.78. The van der Waals surface area contributed by atoms with Crippen molar-refractivity contribution in [3.05, 3.63) is 57.3 Å². The number of piperidine rings is 1. The molecule has 1 unspecified atom stereocenters. The second kappa shape index (κ2) is 9.26. The number of allylic oxidation sites excluding steroid dienone is 1. The fourth-order valence-electron chi connectivity index (χ4n) is 5.45. The first-order valence-corrected chi connectivity index (χ1v) is 10.8. The predicted molar refractivity (Wildman–Crippen MR) is 110 cm³/mol. The van der Waals surface area contributed by atoms with E-state index in [1.807, 2.05) is 0 Å². The first-order valence-electron chi connectivity index (χ1n) is 10.8. The molecule has 0 aromatic heterocycles. The van der Waals surface area contributed by atoms with Crippen molar-refractivity contribution >= 4 is 35.1 Å². The van der Waals surface area contributed by atoms with Crippen LogP contribution in [0.2, 0.25) is 0 Å². The van der Waals surface area contributed by atoms with E-state index in [2.05, 4.69) is 0 Å². The topological polar surface area (TPSA) is 144 Å². The zero-order valence-electron chi connectivity index (χ0n) is 19.2. The third-order valence-electron chi connectivity index (χ3n) is 6.96. The number of halogens is 3. The van der Waals surface area contributed by atoms with Crippen molar-refractivity contribution in [3.8, 4) is 0 Å². The Morgan fingerprint density at radius 1 is 1.16 bits per heavy atom. The minimum Gasteiger partial charge on any atom is -0.543 e. The van der Waals surface area contributed by atoms with Crippen LogP contribution in [-0.4, -0.2) is 69.8 Å². The van der Waals surface area contributed by atoms with Gasteiger partial charge >= 0.3 is 41.6 Å². The molecule has 5 rings (SSSR count). The van der Waals surface area contributed by atoms with Crippen LogP contribution in [0.25, 0.3) is 0 Å². The summed E-state index contributed by atoms with van der Waals surface area (Å²) in [6.45, 7) is -0.252.